The maximum atomic E-state index is 6.68. The van der Waals surface area contributed by atoms with E-state index in [1.54, 1.807) is 0 Å². The van der Waals surface area contributed by atoms with Gasteiger partial charge >= 0.3 is 9.05 Å². The van der Waals surface area contributed by atoms with Crippen LogP contribution in [0.25, 0.3) is 0 Å². The highest BCUT2D eigenvalue weighted by Gasteiger charge is 2.56. The molecule has 5 nitrogen and oxygen atoms in total. The predicted octanol–water partition coefficient (Wildman–Crippen LogP) is 4.80. The summed E-state index contributed by atoms with van der Waals surface area (Å²) in [5.41, 5.74) is -0.0500. The van der Waals surface area contributed by atoms with Crippen LogP contribution in [0.4, 0.5) is 0 Å². The summed E-state index contributed by atoms with van der Waals surface area (Å²) in [5.74, 6) is 0. The highest BCUT2D eigenvalue weighted by atomic mass is 28.5. The second-order valence-electron chi connectivity index (χ2n) is 10.5. The third-order valence-electron chi connectivity index (χ3n) is 3.46. The van der Waals surface area contributed by atoms with E-state index in [2.05, 4.69) is 91.9 Å². The molecule has 0 saturated carbocycles. The highest BCUT2D eigenvalue weighted by molar-refractivity contribution is 6.88. The molecule has 0 heterocycles. The molecule has 0 aromatic carbocycles. The lowest BCUT2D eigenvalue weighted by atomic mass is 10.6. The van der Waals surface area contributed by atoms with E-state index in [-0.39, 0.29) is 5.73 Å². The van der Waals surface area contributed by atoms with Gasteiger partial charge < -0.3 is 20.9 Å². The number of rotatable bonds is 13. The molecule has 0 saturated heterocycles. The molecule has 27 heavy (non-hydrogen) atoms. The van der Waals surface area contributed by atoms with Crippen LogP contribution in [-0.2, 0) is 20.9 Å². The Morgan fingerprint density at radius 1 is 0.741 bits per heavy atom. The molecule has 0 amide bonds. The standard InChI is InChI=1S/C16H45O5Si6/c1-14-15-22-18-26(12,13)16(2)17-27(19-23(3,4)5,20-24(6,7)8)21-25(9,10)11/h15-16H,14,22H2,1-13H3. The minimum absolute atomic E-state index is 0.0500. The van der Waals surface area contributed by atoms with Gasteiger partial charge in [0, 0.05) is 0 Å². The summed E-state index contributed by atoms with van der Waals surface area (Å²) in [6.07, 6.45) is 1.07. The second kappa shape index (κ2) is 10.4. The van der Waals surface area contributed by atoms with Crippen molar-refractivity contribution < 1.29 is 20.9 Å². The lowest BCUT2D eigenvalue weighted by Gasteiger charge is -2.44. The maximum absolute atomic E-state index is 6.68. The first kappa shape index (κ1) is 28.1. The summed E-state index contributed by atoms with van der Waals surface area (Å²) in [5, 5.41) is 0. The average Bonchev–Trinajstić information content (AvgIpc) is 2.31. The van der Waals surface area contributed by atoms with E-state index in [9.17, 15) is 0 Å². The van der Waals surface area contributed by atoms with Crippen LogP contribution >= 0.6 is 0 Å². The first-order valence-electron chi connectivity index (χ1n) is 10.0. The molecule has 163 valence electrons. The fourth-order valence-electron chi connectivity index (χ4n) is 2.13. The molecule has 1 atom stereocenters. The number of hydrogen-bond donors (Lipinski definition) is 0. The molecular formula is C16H45O5Si6. The normalized spacial score (nSPS) is 16.3. The lowest BCUT2D eigenvalue weighted by Crippen LogP contribution is -2.65. The van der Waals surface area contributed by atoms with Crippen molar-refractivity contribution in [1.82, 2.24) is 0 Å². The topological polar surface area (TPSA) is 46.2 Å². The Hall–Kier alpha value is 1.10. The zero-order valence-electron chi connectivity index (χ0n) is 20.1. The van der Waals surface area contributed by atoms with E-state index >= 15 is 0 Å². The van der Waals surface area contributed by atoms with Gasteiger partial charge in [0.15, 0.2) is 25.0 Å². The van der Waals surface area contributed by atoms with Crippen molar-refractivity contribution in [3.8, 4) is 0 Å². The Morgan fingerprint density at radius 3 is 1.41 bits per heavy atom. The molecule has 0 aliphatic heterocycles. The zero-order chi connectivity index (χ0) is 21.7. The SMILES string of the molecule is CC[CH][SiH2]O[Si](C)(C)C(C)O[Si](O[Si](C)(C)C)(O[Si](C)(C)C)O[Si](C)(C)C. The Labute approximate surface area is 176 Å². The molecule has 1 unspecified atom stereocenters. The van der Waals surface area contributed by atoms with Gasteiger partial charge in [0.1, 0.15) is 9.76 Å². The number of hydrogen-bond acceptors (Lipinski definition) is 5. The first-order valence-corrected chi connectivity index (χ1v) is 26.3. The Bertz CT molecular complexity index is 401. The molecule has 0 aromatic heterocycles. The van der Waals surface area contributed by atoms with Crippen LogP contribution < -0.4 is 0 Å². The summed E-state index contributed by atoms with van der Waals surface area (Å²) in [6.45, 7) is 28.3. The van der Waals surface area contributed by atoms with Crippen LogP contribution in [0.5, 0.6) is 0 Å². The van der Waals surface area contributed by atoms with Gasteiger partial charge in [-0.25, -0.2) is 0 Å². The quantitative estimate of drug-likeness (QED) is 0.277. The van der Waals surface area contributed by atoms with Gasteiger partial charge in [-0.2, -0.15) is 0 Å². The van der Waals surface area contributed by atoms with Crippen molar-refractivity contribution in [2.75, 3.05) is 0 Å². The molecule has 0 aromatic rings. The highest BCUT2D eigenvalue weighted by Crippen LogP contribution is 2.29. The minimum atomic E-state index is -3.28. The minimum Gasteiger partial charge on any atom is -0.459 e. The molecule has 0 spiro atoms. The van der Waals surface area contributed by atoms with Crippen LogP contribution in [0.3, 0.4) is 0 Å². The molecule has 0 N–H and O–H groups in total. The van der Waals surface area contributed by atoms with E-state index in [0.29, 0.717) is 0 Å². The Kier molecular flexibility index (Phi) is 10.8. The summed E-state index contributed by atoms with van der Waals surface area (Å²) >= 11 is 0. The predicted molar refractivity (Wildman–Crippen MR) is 131 cm³/mol. The van der Waals surface area contributed by atoms with E-state index < -0.39 is 52.1 Å². The van der Waals surface area contributed by atoms with Crippen molar-refractivity contribution in [3.05, 3.63) is 6.04 Å². The van der Waals surface area contributed by atoms with Gasteiger partial charge in [-0.1, -0.05) is 13.3 Å². The molecule has 0 aliphatic rings. The molecule has 1 radical (unpaired) electrons. The average molecular weight is 486 g/mol. The van der Waals surface area contributed by atoms with Gasteiger partial charge in [-0.15, -0.1) is 0 Å². The van der Waals surface area contributed by atoms with Crippen LogP contribution in [0, 0.1) is 6.04 Å². The second-order valence-corrected chi connectivity index (χ2v) is 33.0. The third-order valence-corrected chi connectivity index (χ3v) is 21.2. The summed E-state index contributed by atoms with van der Waals surface area (Å²) in [7, 11) is -11.7. The molecular weight excluding hydrogens is 441 g/mol. The largest absolute Gasteiger partial charge is 0.647 e. The fraction of sp³-hybridized carbons (Fsp3) is 0.938. The molecule has 0 aliphatic carbocycles. The van der Waals surface area contributed by atoms with E-state index in [0.717, 1.165) is 6.42 Å². The van der Waals surface area contributed by atoms with Gasteiger partial charge in [-0.05, 0) is 85.0 Å². The van der Waals surface area contributed by atoms with Crippen LogP contribution in [0.15, 0.2) is 0 Å². The summed E-state index contributed by atoms with van der Waals surface area (Å²) in [4.78, 5) is 0. The van der Waals surface area contributed by atoms with E-state index in [1.807, 2.05) is 0 Å². The molecule has 0 rings (SSSR count). The van der Waals surface area contributed by atoms with Gasteiger partial charge in [0.25, 0.3) is 0 Å². The van der Waals surface area contributed by atoms with Crippen molar-refractivity contribution >= 4 is 52.1 Å². The van der Waals surface area contributed by atoms with Crippen molar-refractivity contribution in [3.63, 3.8) is 0 Å². The van der Waals surface area contributed by atoms with E-state index in [1.165, 1.54) is 0 Å². The van der Waals surface area contributed by atoms with Crippen LogP contribution in [-0.4, -0.2) is 57.8 Å². The van der Waals surface area contributed by atoms with Crippen molar-refractivity contribution in [2.45, 2.75) is 98.0 Å². The summed E-state index contributed by atoms with van der Waals surface area (Å²) < 4.78 is 32.9. The van der Waals surface area contributed by atoms with Crippen LogP contribution in [0.1, 0.15) is 20.3 Å². The first-order chi connectivity index (χ1) is 11.8. The zero-order valence-corrected chi connectivity index (χ0v) is 26.5. The Balaban J connectivity index is 5.77. The molecule has 11 heteroatoms. The maximum Gasteiger partial charge on any atom is 0.647 e. The van der Waals surface area contributed by atoms with E-state index in [4.69, 9.17) is 20.9 Å². The fourth-order valence-corrected chi connectivity index (χ4v) is 18.7. The molecule has 0 fully saturated rings. The third kappa shape index (κ3) is 13.1. The van der Waals surface area contributed by atoms with Gasteiger partial charge in [0.05, 0.1) is 5.73 Å². The van der Waals surface area contributed by atoms with Gasteiger partial charge in [-0.3, -0.25) is 0 Å². The summed E-state index contributed by atoms with van der Waals surface area (Å²) in [6, 6.07) is 2.29. The monoisotopic (exact) mass is 485 g/mol. The smallest absolute Gasteiger partial charge is 0.459 e. The Morgan fingerprint density at radius 2 is 1.11 bits per heavy atom. The van der Waals surface area contributed by atoms with Gasteiger partial charge in [0.2, 0.25) is 8.32 Å². The lowest BCUT2D eigenvalue weighted by molar-refractivity contribution is 0.0676. The van der Waals surface area contributed by atoms with Crippen LogP contribution in [0.2, 0.25) is 72.0 Å². The van der Waals surface area contributed by atoms with Crippen molar-refractivity contribution in [2.24, 2.45) is 0 Å². The molecule has 0 bridgehead atoms. The van der Waals surface area contributed by atoms with Crippen molar-refractivity contribution in [1.29, 1.82) is 0 Å².